The summed E-state index contributed by atoms with van der Waals surface area (Å²) in [5.74, 6) is -0.236. The molecule has 1 N–H and O–H groups in total. The van der Waals surface area contributed by atoms with Crippen molar-refractivity contribution in [1.82, 2.24) is 5.43 Å². The normalized spacial score (nSPS) is 10.6. The van der Waals surface area contributed by atoms with Gasteiger partial charge >= 0.3 is 0 Å². The van der Waals surface area contributed by atoms with Crippen molar-refractivity contribution in [1.29, 1.82) is 0 Å². The molecule has 6 nitrogen and oxygen atoms in total. The number of nitrogens with zero attached hydrogens (tertiary/aromatic N) is 2. The smallest absolute Gasteiger partial charge is 0.270 e. The molecule has 0 saturated heterocycles. The van der Waals surface area contributed by atoms with Gasteiger partial charge in [-0.3, -0.25) is 14.9 Å². The maximum absolute atomic E-state index is 11.7. The third-order valence-corrected chi connectivity index (χ3v) is 3.48. The number of hydrogen-bond acceptors (Lipinski definition) is 4. The summed E-state index contributed by atoms with van der Waals surface area (Å²) in [6.45, 7) is 0. The lowest BCUT2D eigenvalue weighted by Crippen LogP contribution is -2.19. The van der Waals surface area contributed by atoms with Gasteiger partial charge in [0.15, 0.2) is 0 Å². The number of nitro benzene ring substituents is 1. The lowest BCUT2D eigenvalue weighted by atomic mass is 10.1. The largest absolute Gasteiger partial charge is 0.273 e. The second-order valence-corrected chi connectivity index (χ2v) is 5.27. The van der Waals surface area contributed by atoms with Crippen LogP contribution in [0.15, 0.2) is 58.1 Å². The van der Waals surface area contributed by atoms with E-state index in [9.17, 15) is 14.9 Å². The summed E-state index contributed by atoms with van der Waals surface area (Å²) in [6.07, 6.45) is 1.66. The lowest BCUT2D eigenvalue weighted by Gasteiger charge is -2.01. The van der Waals surface area contributed by atoms with E-state index in [1.807, 2.05) is 30.3 Å². The molecule has 0 saturated carbocycles. The number of carbonyl (C=O) groups is 1. The quantitative estimate of drug-likeness (QED) is 0.504. The zero-order chi connectivity index (χ0) is 15.9. The molecule has 2 aromatic rings. The lowest BCUT2D eigenvalue weighted by molar-refractivity contribution is -0.384. The highest BCUT2D eigenvalue weighted by Gasteiger charge is 2.08. The zero-order valence-corrected chi connectivity index (χ0v) is 13.0. The van der Waals surface area contributed by atoms with Gasteiger partial charge in [-0.15, -0.1) is 0 Å². The van der Waals surface area contributed by atoms with Gasteiger partial charge in [0, 0.05) is 22.2 Å². The predicted octanol–water partition coefficient (Wildman–Crippen LogP) is 3.05. The van der Waals surface area contributed by atoms with Crippen molar-refractivity contribution in [3.8, 4) is 0 Å². The maximum Gasteiger partial charge on any atom is 0.270 e. The average Bonchev–Trinajstić information content (AvgIpc) is 2.49. The summed E-state index contributed by atoms with van der Waals surface area (Å²) in [6, 6.07) is 13.6. The van der Waals surface area contributed by atoms with Crippen LogP contribution in [-0.4, -0.2) is 17.0 Å². The highest BCUT2D eigenvalue weighted by atomic mass is 79.9. The van der Waals surface area contributed by atoms with Crippen LogP contribution in [0.4, 0.5) is 5.69 Å². The molecule has 112 valence electrons. The third-order valence-electron chi connectivity index (χ3n) is 2.80. The van der Waals surface area contributed by atoms with Gasteiger partial charge < -0.3 is 0 Å². The summed E-state index contributed by atoms with van der Waals surface area (Å²) < 4.78 is 0.530. The molecule has 0 unspecified atom stereocenters. The third kappa shape index (κ3) is 4.49. The molecule has 0 fully saturated rings. The van der Waals surface area contributed by atoms with E-state index in [-0.39, 0.29) is 18.0 Å². The van der Waals surface area contributed by atoms with Crippen molar-refractivity contribution in [3.63, 3.8) is 0 Å². The Balaban J connectivity index is 1.95. The predicted molar refractivity (Wildman–Crippen MR) is 86.7 cm³/mol. The van der Waals surface area contributed by atoms with Gasteiger partial charge in [-0.25, -0.2) is 5.43 Å². The van der Waals surface area contributed by atoms with Crippen LogP contribution in [0, 0.1) is 10.1 Å². The van der Waals surface area contributed by atoms with Crippen molar-refractivity contribution >= 4 is 33.7 Å². The number of halogens is 1. The van der Waals surface area contributed by atoms with E-state index in [0.717, 1.165) is 5.56 Å². The van der Waals surface area contributed by atoms with Crippen LogP contribution < -0.4 is 5.43 Å². The summed E-state index contributed by atoms with van der Waals surface area (Å²) in [7, 11) is 0. The fourth-order valence-corrected chi connectivity index (χ4v) is 2.20. The van der Waals surface area contributed by atoms with Crippen LogP contribution in [0.1, 0.15) is 11.1 Å². The molecule has 0 aliphatic carbocycles. The number of rotatable bonds is 5. The molecule has 0 bridgehead atoms. The topological polar surface area (TPSA) is 84.6 Å². The fourth-order valence-electron chi connectivity index (χ4n) is 1.73. The summed E-state index contributed by atoms with van der Waals surface area (Å²) in [5, 5.41) is 14.5. The van der Waals surface area contributed by atoms with Gasteiger partial charge in [0.1, 0.15) is 0 Å². The molecule has 0 heterocycles. The monoisotopic (exact) mass is 361 g/mol. The van der Waals surface area contributed by atoms with Gasteiger partial charge in [-0.1, -0.05) is 30.3 Å². The molecule has 1 amide bonds. The second-order valence-electron chi connectivity index (χ2n) is 4.42. The minimum atomic E-state index is -0.479. The number of hydrazone groups is 1. The van der Waals surface area contributed by atoms with E-state index >= 15 is 0 Å². The summed E-state index contributed by atoms with van der Waals surface area (Å²) >= 11 is 3.23. The van der Waals surface area contributed by atoms with Crippen molar-refractivity contribution in [2.75, 3.05) is 0 Å². The summed E-state index contributed by atoms with van der Waals surface area (Å²) in [4.78, 5) is 21.9. The van der Waals surface area contributed by atoms with Crippen LogP contribution in [0.2, 0.25) is 0 Å². The van der Waals surface area contributed by atoms with Gasteiger partial charge in [-0.2, -0.15) is 5.10 Å². The number of nitro groups is 1. The summed E-state index contributed by atoms with van der Waals surface area (Å²) in [5.41, 5.74) is 3.93. The number of benzene rings is 2. The van der Waals surface area contributed by atoms with Gasteiger partial charge in [0.05, 0.1) is 17.6 Å². The Labute approximate surface area is 135 Å². The SMILES string of the molecule is O=C(Cc1ccccc1)N/N=C\c1ccc([N+](=O)[O-])cc1Br. The van der Waals surface area contributed by atoms with E-state index in [1.165, 1.54) is 18.3 Å². The Morgan fingerprint density at radius 3 is 2.64 bits per heavy atom. The molecule has 0 aliphatic heterocycles. The molecule has 7 heteroatoms. The number of amides is 1. The second kappa shape index (κ2) is 7.46. The first kappa shape index (κ1) is 15.8. The average molecular weight is 362 g/mol. The number of hydrogen-bond donors (Lipinski definition) is 1. The van der Waals surface area contributed by atoms with Gasteiger partial charge in [0.2, 0.25) is 5.91 Å². The molecule has 0 spiro atoms. The molecule has 2 rings (SSSR count). The molecular formula is C15H12BrN3O3. The van der Waals surface area contributed by atoms with E-state index in [1.54, 1.807) is 6.07 Å². The molecule has 0 atom stereocenters. The Hall–Kier alpha value is -2.54. The molecule has 0 aromatic heterocycles. The standard InChI is InChI=1S/C15H12BrN3O3/c16-14-9-13(19(21)22)7-6-12(14)10-17-18-15(20)8-11-4-2-1-3-5-11/h1-7,9-10H,8H2,(H,18,20)/b17-10-. The van der Waals surface area contributed by atoms with E-state index in [0.29, 0.717) is 10.0 Å². The zero-order valence-electron chi connectivity index (χ0n) is 11.4. The first-order chi connectivity index (χ1) is 10.6. The number of non-ortho nitro benzene ring substituents is 1. The Bertz CT molecular complexity index is 717. The van der Waals surface area contributed by atoms with Crippen LogP contribution in [0.3, 0.4) is 0 Å². The first-order valence-corrected chi connectivity index (χ1v) is 7.15. The molecule has 2 aromatic carbocycles. The van der Waals surface area contributed by atoms with Gasteiger partial charge in [-0.05, 0) is 27.6 Å². The van der Waals surface area contributed by atoms with E-state index in [2.05, 4.69) is 26.5 Å². The Morgan fingerprint density at radius 1 is 1.27 bits per heavy atom. The molecule has 0 radical (unpaired) electrons. The highest BCUT2D eigenvalue weighted by Crippen LogP contribution is 2.21. The van der Waals surface area contributed by atoms with Crippen LogP contribution in [0.5, 0.6) is 0 Å². The van der Waals surface area contributed by atoms with Gasteiger partial charge in [0.25, 0.3) is 5.69 Å². The number of carbonyl (C=O) groups excluding carboxylic acids is 1. The molecule has 22 heavy (non-hydrogen) atoms. The Kier molecular flexibility index (Phi) is 5.37. The van der Waals surface area contributed by atoms with Crippen LogP contribution >= 0.6 is 15.9 Å². The number of nitrogens with one attached hydrogen (secondary N) is 1. The first-order valence-electron chi connectivity index (χ1n) is 6.36. The van der Waals surface area contributed by atoms with E-state index < -0.39 is 4.92 Å². The van der Waals surface area contributed by atoms with Crippen molar-refractivity contribution < 1.29 is 9.72 Å². The fraction of sp³-hybridized carbons (Fsp3) is 0.0667. The van der Waals surface area contributed by atoms with Crippen LogP contribution in [-0.2, 0) is 11.2 Å². The minimum Gasteiger partial charge on any atom is -0.273 e. The van der Waals surface area contributed by atoms with Crippen molar-refractivity contribution in [2.24, 2.45) is 5.10 Å². The van der Waals surface area contributed by atoms with E-state index in [4.69, 9.17) is 0 Å². The molecular weight excluding hydrogens is 350 g/mol. The van der Waals surface area contributed by atoms with Crippen LogP contribution in [0.25, 0.3) is 0 Å². The maximum atomic E-state index is 11.7. The van der Waals surface area contributed by atoms with Crippen molar-refractivity contribution in [3.05, 3.63) is 74.2 Å². The molecule has 0 aliphatic rings. The minimum absolute atomic E-state index is 0.0165. The highest BCUT2D eigenvalue weighted by molar-refractivity contribution is 9.10. The van der Waals surface area contributed by atoms with Crippen molar-refractivity contribution in [2.45, 2.75) is 6.42 Å². The Morgan fingerprint density at radius 2 is 2.00 bits per heavy atom.